The van der Waals surface area contributed by atoms with Crippen LogP contribution in [0.5, 0.6) is 5.75 Å². The van der Waals surface area contributed by atoms with Gasteiger partial charge in [-0.05, 0) is 128 Å². The van der Waals surface area contributed by atoms with E-state index in [0.717, 1.165) is 63.6 Å². The highest BCUT2D eigenvalue weighted by Gasteiger charge is 2.56. The highest BCUT2D eigenvalue weighted by Crippen LogP contribution is 2.62. The summed E-state index contributed by atoms with van der Waals surface area (Å²) in [6.07, 6.45) is 12.4. The Bertz CT molecular complexity index is 1350. The molecule has 50 heavy (non-hydrogen) atoms. The Labute approximate surface area is 310 Å². The van der Waals surface area contributed by atoms with Gasteiger partial charge in [0.05, 0.1) is 11.8 Å². The quantitative estimate of drug-likeness (QED) is 0.0545. The van der Waals surface area contributed by atoms with E-state index >= 15 is 0 Å². The molecule has 0 heterocycles. The molecule has 8 nitrogen and oxygen atoms in total. The number of amides is 1. The van der Waals surface area contributed by atoms with Gasteiger partial charge in [-0.15, -0.1) is 23.2 Å². The number of hydrogen-bond donors (Lipinski definition) is 5. The fourth-order valence-corrected chi connectivity index (χ4v) is 9.69. The van der Waals surface area contributed by atoms with E-state index in [9.17, 15) is 15.0 Å². The molecule has 6 atom stereocenters. The average Bonchev–Trinajstić information content (AvgIpc) is 3.42. The first-order valence-electron chi connectivity index (χ1n) is 19.2. The lowest BCUT2D eigenvalue weighted by Gasteiger charge is -2.53. The number of aromatic hydroxyl groups is 1. The second kappa shape index (κ2) is 19.6. The van der Waals surface area contributed by atoms with Crippen molar-refractivity contribution in [3.63, 3.8) is 0 Å². The standard InChI is InChI=1S/C40H60Cl2N4O4/c1-40-18-17-34-33-14-13-32(47)28-31(33)27-30(38(34)35(40)15-16-37(40)48)10-4-2-3-7-21-43-24-26-50-39(49)44-22-8-11-29-9-5-6-12-36(29)46(25-20-42)45-23-19-41/h5-6,9,12-14,28,30,34-35,37-38,43,45,47-48H,2-4,7-8,10-11,15-27H2,1H3,(H,44,49)/t30?,34?,35?,37-,38?,40-/m0/s1. The Morgan fingerprint density at radius 1 is 0.980 bits per heavy atom. The van der Waals surface area contributed by atoms with Gasteiger partial charge in [0, 0.05) is 37.9 Å². The lowest BCUT2D eigenvalue weighted by atomic mass is 9.52. The number of alkyl halides is 2. The number of phenolic OH excluding ortho intramolecular Hbond substituents is 1. The number of fused-ring (bicyclic) bond motifs is 5. The van der Waals surface area contributed by atoms with Crippen LogP contribution < -0.4 is 21.1 Å². The van der Waals surface area contributed by atoms with E-state index < -0.39 is 0 Å². The number of anilines is 1. The van der Waals surface area contributed by atoms with E-state index in [2.05, 4.69) is 41.2 Å². The zero-order chi connectivity index (χ0) is 35.3. The summed E-state index contributed by atoms with van der Waals surface area (Å²) in [5.74, 6) is 3.82. The van der Waals surface area contributed by atoms with E-state index in [0.29, 0.717) is 74.0 Å². The molecule has 0 spiro atoms. The first-order valence-corrected chi connectivity index (χ1v) is 20.2. The summed E-state index contributed by atoms with van der Waals surface area (Å²) >= 11 is 11.9. The third kappa shape index (κ3) is 10.0. The van der Waals surface area contributed by atoms with E-state index in [4.69, 9.17) is 27.9 Å². The van der Waals surface area contributed by atoms with E-state index in [1.54, 1.807) is 0 Å². The van der Waals surface area contributed by atoms with Crippen LogP contribution in [0.25, 0.3) is 0 Å². The number of aliphatic hydroxyl groups excluding tert-OH is 1. The molecule has 5 rings (SSSR count). The van der Waals surface area contributed by atoms with Gasteiger partial charge in [0.25, 0.3) is 0 Å². The van der Waals surface area contributed by atoms with Crippen molar-refractivity contribution in [2.45, 2.75) is 96.0 Å². The Morgan fingerprint density at radius 3 is 2.66 bits per heavy atom. The van der Waals surface area contributed by atoms with Crippen molar-refractivity contribution in [3.05, 3.63) is 59.2 Å². The van der Waals surface area contributed by atoms with Crippen LogP contribution in [0, 0.1) is 23.2 Å². The molecule has 4 unspecified atom stereocenters. The van der Waals surface area contributed by atoms with Crippen molar-refractivity contribution in [2.75, 3.05) is 56.1 Å². The minimum Gasteiger partial charge on any atom is -0.508 e. The molecular weight excluding hydrogens is 671 g/mol. The number of aryl methyl sites for hydroxylation is 1. The van der Waals surface area contributed by atoms with Crippen molar-refractivity contribution in [3.8, 4) is 5.75 Å². The number of unbranched alkanes of at least 4 members (excludes halogenated alkanes) is 3. The molecule has 0 saturated heterocycles. The number of carbonyl (C=O) groups excluding carboxylic acids is 1. The molecule has 0 aliphatic heterocycles. The fraction of sp³-hybridized carbons (Fsp3) is 0.675. The normalized spacial score (nSPS) is 25.4. The Hall–Kier alpha value is -2.23. The van der Waals surface area contributed by atoms with Gasteiger partial charge in [-0.2, -0.15) is 0 Å². The van der Waals surface area contributed by atoms with Crippen molar-refractivity contribution in [1.29, 1.82) is 0 Å². The predicted octanol–water partition coefficient (Wildman–Crippen LogP) is 7.52. The molecule has 2 aromatic rings. The average molecular weight is 732 g/mol. The lowest BCUT2D eigenvalue weighted by molar-refractivity contribution is -0.0396. The van der Waals surface area contributed by atoms with Crippen LogP contribution in [0.2, 0.25) is 0 Å². The van der Waals surface area contributed by atoms with Crippen LogP contribution in [0.1, 0.15) is 93.7 Å². The fourth-order valence-electron chi connectivity index (χ4n) is 9.43. The number of phenols is 1. The SMILES string of the molecule is C[C@]12CCC3c4ccc(O)cc4CC(CCCCCCNCCOC(=O)NCCCc4ccccc4N(CCCl)NCCCl)C3C1CC[C@@H]2O. The van der Waals surface area contributed by atoms with E-state index in [1.165, 1.54) is 42.4 Å². The van der Waals surface area contributed by atoms with Gasteiger partial charge in [-0.25, -0.2) is 10.2 Å². The Balaban J connectivity index is 0.934. The van der Waals surface area contributed by atoms with Gasteiger partial charge >= 0.3 is 6.09 Å². The van der Waals surface area contributed by atoms with E-state index in [-0.39, 0.29) is 17.6 Å². The number of alkyl carbamates (subject to hydrolysis) is 1. The number of nitrogens with one attached hydrogen (secondary N) is 3. The van der Waals surface area contributed by atoms with Crippen LogP contribution in [-0.4, -0.2) is 73.5 Å². The summed E-state index contributed by atoms with van der Waals surface area (Å²) in [6.45, 7) is 6.15. The molecule has 0 radical (unpaired) electrons. The predicted molar refractivity (Wildman–Crippen MR) is 204 cm³/mol. The summed E-state index contributed by atoms with van der Waals surface area (Å²) in [4.78, 5) is 12.2. The topological polar surface area (TPSA) is 106 Å². The Morgan fingerprint density at radius 2 is 1.82 bits per heavy atom. The molecule has 10 heteroatoms. The van der Waals surface area contributed by atoms with E-state index in [1.807, 2.05) is 29.3 Å². The van der Waals surface area contributed by atoms with Crippen LogP contribution in [0.4, 0.5) is 10.5 Å². The van der Waals surface area contributed by atoms with Crippen LogP contribution in [0.15, 0.2) is 42.5 Å². The van der Waals surface area contributed by atoms with Gasteiger partial charge in [-0.1, -0.05) is 50.5 Å². The number of rotatable bonds is 20. The number of benzene rings is 2. The minimum absolute atomic E-state index is 0.0620. The van der Waals surface area contributed by atoms with Crippen molar-refractivity contribution in [2.24, 2.45) is 23.2 Å². The zero-order valence-electron chi connectivity index (χ0n) is 30.0. The molecule has 0 bridgehead atoms. The summed E-state index contributed by atoms with van der Waals surface area (Å²) in [6, 6.07) is 14.3. The second-order valence-electron chi connectivity index (χ2n) is 15.0. The number of halogens is 2. The highest BCUT2D eigenvalue weighted by atomic mass is 35.5. The summed E-state index contributed by atoms with van der Waals surface area (Å²) in [5, 5.41) is 29.5. The number of nitrogens with zero attached hydrogens (tertiary/aromatic N) is 1. The third-order valence-electron chi connectivity index (χ3n) is 11.9. The third-order valence-corrected chi connectivity index (χ3v) is 12.3. The number of para-hydroxylation sites is 1. The first kappa shape index (κ1) is 39.0. The molecule has 1 amide bonds. The maximum Gasteiger partial charge on any atom is 0.407 e. The maximum absolute atomic E-state index is 12.2. The van der Waals surface area contributed by atoms with Crippen LogP contribution in [0.3, 0.4) is 0 Å². The second-order valence-corrected chi connectivity index (χ2v) is 15.7. The number of hydrazine groups is 1. The summed E-state index contributed by atoms with van der Waals surface area (Å²) < 4.78 is 5.37. The number of carbonyl (C=O) groups is 1. The van der Waals surface area contributed by atoms with Crippen molar-refractivity contribution >= 4 is 35.0 Å². The van der Waals surface area contributed by atoms with Gasteiger partial charge in [-0.3, -0.25) is 0 Å². The van der Waals surface area contributed by atoms with Crippen LogP contribution >= 0.6 is 23.2 Å². The highest BCUT2D eigenvalue weighted by molar-refractivity contribution is 6.18. The zero-order valence-corrected chi connectivity index (χ0v) is 31.5. The smallest absolute Gasteiger partial charge is 0.407 e. The molecule has 0 aromatic heterocycles. The summed E-state index contributed by atoms with van der Waals surface area (Å²) in [7, 11) is 0. The molecule has 2 saturated carbocycles. The molecular formula is C40H60Cl2N4O4. The molecule has 5 N–H and O–H groups in total. The molecule has 3 aliphatic rings. The largest absolute Gasteiger partial charge is 0.508 e. The lowest BCUT2D eigenvalue weighted by Crippen LogP contribution is -2.47. The minimum atomic E-state index is -0.374. The van der Waals surface area contributed by atoms with Gasteiger partial charge in [0.15, 0.2) is 0 Å². The summed E-state index contributed by atoms with van der Waals surface area (Å²) in [5.41, 5.74) is 8.47. The molecule has 2 aromatic carbocycles. The molecule has 2 fully saturated rings. The maximum atomic E-state index is 12.2. The van der Waals surface area contributed by atoms with Gasteiger partial charge < -0.3 is 30.6 Å². The Kier molecular flexibility index (Phi) is 15.3. The monoisotopic (exact) mass is 730 g/mol. The molecule has 3 aliphatic carbocycles. The first-order chi connectivity index (χ1) is 24.4. The van der Waals surface area contributed by atoms with Crippen LogP contribution in [-0.2, 0) is 17.6 Å². The number of aliphatic hydroxyl groups is 1. The van der Waals surface area contributed by atoms with Gasteiger partial charge in [0.2, 0.25) is 0 Å². The van der Waals surface area contributed by atoms with Crippen molar-refractivity contribution in [1.82, 2.24) is 16.1 Å². The van der Waals surface area contributed by atoms with Gasteiger partial charge in [0.1, 0.15) is 12.4 Å². The molecule has 278 valence electrons. The number of ether oxygens (including phenoxy) is 1. The number of hydrogen-bond acceptors (Lipinski definition) is 7. The van der Waals surface area contributed by atoms with Crippen molar-refractivity contribution < 1.29 is 19.7 Å².